The zero-order valence-corrected chi connectivity index (χ0v) is 10.9. The molecule has 3 rings (SSSR count). The second-order valence-electron chi connectivity index (χ2n) is 4.95. The molecular weight excluding hydrogens is 236 g/mol. The number of aromatic nitrogens is 1. The van der Waals surface area contributed by atoms with E-state index in [1.54, 1.807) is 24.5 Å². The van der Waals surface area contributed by atoms with Gasteiger partial charge in [-0.2, -0.15) is 0 Å². The number of aryl methyl sites for hydroxylation is 1. The first-order valence-electron chi connectivity index (χ1n) is 6.55. The van der Waals surface area contributed by atoms with E-state index in [1.165, 1.54) is 16.7 Å². The van der Waals surface area contributed by atoms with Crippen molar-refractivity contribution in [2.45, 2.75) is 25.8 Å². The van der Waals surface area contributed by atoms with Crippen LogP contribution < -0.4 is 5.32 Å². The lowest BCUT2D eigenvalue weighted by Gasteiger charge is -2.14. The van der Waals surface area contributed by atoms with Crippen LogP contribution in [0.1, 0.15) is 39.5 Å². The quantitative estimate of drug-likeness (QED) is 0.893. The second-order valence-corrected chi connectivity index (χ2v) is 4.95. The lowest BCUT2D eigenvalue weighted by Crippen LogP contribution is -2.27. The molecule has 19 heavy (non-hydrogen) atoms. The van der Waals surface area contributed by atoms with Crippen LogP contribution in [0.2, 0.25) is 0 Å². The monoisotopic (exact) mass is 252 g/mol. The summed E-state index contributed by atoms with van der Waals surface area (Å²) in [6.07, 6.45) is 5.29. The van der Waals surface area contributed by atoms with Crippen LogP contribution >= 0.6 is 0 Å². The van der Waals surface area contributed by atoms with Crippen molar-refractivity contribution in [1.82, 2.24) is 10.3 Å². The van der Waals surface area contributed by atoms with Crippen LogP contribution in [0.25, 0.3) is 0 Å². The van der Waals surface area contributed by atoms with Gasteiger partial charge in [0.05, 0.1) is 11.6 Å². The Balaban J connectivity index is 1.80. The van der Waals surface area contributed by atoms with Crippen molar-refractivity contribution in [3.8, 4) is 0 Å². The fourth-order valence-corrected chi connectivity index (χ4v) is 2.73. The molecule has 0 saturated heterocycles. The van der Waals surface area contributed by atoms with Gasteiger partial charge in [-0.1, -0.05) is 18.2 Å². The van der Waals surface area contributed by atoms with Crippen molar-refractivity contribution in [3.05, 3.63) is 65.0 Å². The number of hydrogen-bond acceptors (Lipinski definition) is 2. The molecule has 0 spiro atoms. The van der Waals surface area contributed by atoms with Crippen molar-refractivity contribution < 1.29 is 4.79 Å². The molecule has 96 valence electrons. The van der Waals surface area contributed by atoms with E-state index in [-0.39, 0.29) is 11.9 Å². The highest BCUT2D eigenvalue weighted by Gasteiger charge is 2.25. The molecule has 0 radical (unpaired) electrons. The van der Waals surface area contributed by atoms with Gasteiger partial charge in [0.15, 0.2) is 0 Å². The molecule has 1 amide bonds. The van der Waals surface area contributed by atoms with Gasteiger partial charge in [0.2, 0.25) is 0 Å². The van der Waals surface area contributed by atoms with Crippen LogP contribution in [0.5, 0.6) is 0 Å². The maximum Gasteiger partial charge on any atom is 0.253 e. The lowest BCUT2D eigenvalue weighted by molar-refractivity contribution is 0.0936. The summed E-state index contributed by atoms with van der Waals surface area (Å²) in [4.78, 5) is 16.1. The van der Waals surface area contributed by atoms with Gasteiger partial charge in [0.1, 0.15) is 0 Å². The summed E-state index contributed by atoms with van der Waals surface area (Å²) < 4.78 is 0. The summed E-state index contributed by atoms with van der Waals surface area (Å²) >= 11 is 0. The lowest BCUT2D eigenvalue weighted by atomic mass is 10.0. The Morgan fingerprint density at radius 1 is 1.32 bits per heavy atom. The Labute approximate surface area is 112 Å². The summed E-state index contributed by atoms with van der Waals surface area (Å²) in [5.41, 5.74) is 4.58. The largest absolute Gasteiger partial charge is 0.345 e. The summed E-state index contributed by atoms with van der Waals surface area (Å²) in [6.45, 7) is 2.13. The first-order chi connectivity index (χ1) is 9.25. The summed E-state index contributed by atoms with van der Waals surface area (Å²) in [6, 6.07) is 9.99. The number of carbonyl (C=O) groups is 1. The third kappa shape index (κ3) is 2.24. The number of nitrogens with zero attached hydrogens (tertiary/aromatic N) is 1. The summed E-state index contributed by atoms with van der Waals surface area (Å²) in [5.74, 6) is -0.0487. The highest BCUT2D eigenvalue weighted by atomic mass is 16.1. The molecular formula is C16H16N2O. The van der Waals surface area contributed by atoms with Crippen LogP contribution in [-0.4, -0.2) is 10.9 Å². The van der Waals surface area contributed by atoms with Gasteiger partial charge >= 0.3 is 0 Å². The maximum absolute atomic E-state index is 12.1. The van der Waals surface area contributed by atoms with Crippen molar-refractivity contribution in [1.29, 1.82) is 0 Å². The van der Waals surface area contributed by atoms with Gasteiger partial charge in [-0.15, -0.1) is 0 Å². The van der Waals surface area contributed by atoms with Gasteiger partial charge in [-0.3, -0.25) is 9.78 Å². The van der Waals surface area contributed by atoms with E-state index in [9.17, 15) is 4.79 Å². The van der Waals surface area contributed by atoms with E-state index in [4.69, 9.17) is 0 Å². The fourth-order valence-electron chi connectivity index (χ4n) is 2.73. The predicted molar refractivity (Wildman–Crippen MR) is 73.9 cm³/mol. The van der Waals surface area contributed by atoms with Crippen molar-refractivity contribution in [2.24, 2.45) is 0 Å². The third-order valence-electron chi connectivity index (χ3n) is 3.73. The normalized spacial score (nSPS) is 17.0. The second kappa shape index (κ2) is 4.84. The number of carbonyl (C=O) groups excluding carboxylic acids is 1. The summed E-state index contributed by atoms with van der Waals surface area (Å²) in [5, 5.41) is 3.10. The standard InChI is InChI=1S/C16H16N2O/c1-11-4-2-6-14-13(11)7-8-15(14)18-16(19)12-5-3-9-17-10-12/h2-6,9-10,15H,7-8H2,1H3,(H,18,19)/t15-/m1/s1. The zero-order chi connectivity index (χ0) is 13.2. The minimum absolute atomic E-state index is 0.0487. The minimum atomic E-state index is -0.0487. The minimum Gasteiger partial charge on any atom is -0.345 e. The van der Waals surface area contributed by atoms with Crippen molar-refractivity contribution in [2.75, 3.05) is 0 Å². The number of pyridine rings is 1. The molecule has 2 aromatic rings. The molecule has 3 heteroatoms. The van der Waals surface area contributed by atoms with Gasteiger partial charge < -0.3 is 5.32 Å². The molecule has 1 atom stereocenters. The molecule has 1 aromatic carbocycles. The van der Waals surface area contributed by atoms with E-state index < -0.39 is 0 Å². The number of hydrogen-bond donors (Lipinski definition) is 1. The van der Waals surface area contributed by atoms with Gasteiger partial charge in [0, 0.05) is 12.4 Å². The van der Waals surface area contributed by atoms with Gasteiger partial charge in [-0.05, 0) is 48.6 Å². The van der Waals surface area contributed by atoms with E-state index in [2.05, 4.69) is 35.4 Å². The molecule has 3 nitrogen and oxygen atoms in total. The summed E-state index contributed by atoms with van der Waals surface area (Å²) in [7, 11) is 0. The Kier molecular flexibility index (Phi) is 3.03. The van der Waals surface area contributed by atoms with E-state index in [0.29, 0.717) is 5.56 Å². The maximum atomic E-state index is 12.1. The fraction of sp³-hybridized carbons (Fsp3) is 0.250. The van der Waals surface area contributed by atoms with E-state index in [0.717, 1.165) is 12.8 Å². The Hall–Kier alpha value is -2.16. The Morgan fingerprint density at radius 3 is 3.00 bits per heavy atom. The number of benzene rings is 1. The molecule has 1 aliphatic carbocycles. The number of fused-ring (bicyclic) bond motifs is 1. The smallest absolute Gasteiger partial charge is 0.253 e. The van der Waals surface area contributed by atoms with E-state index >= 15 is 0 Å². The number of rotatable bonds is 2. The van der Waals surface area contributed by atoms with Crippen molar-refractivity contribution in [3.63, 3.8) is 0 Å². The molecule has 0 aliphatic heterocycles. The van der Waals surface area contributed by atoms with Crippen LogP contribution in [0, 0.1) is 6.92 Å². The zero-order valence-electron chi connectivity index (χ0n) is 10.9. The number of nitrogens with one attached hydrogen (secondary N) is 1. The molecule has 1 aromatic heterocycles. The van der Waals surface area contributed by atoms with Crippen LogP contribution in [0.15, 0.2) is 42.7 Å². The average molecular weight is 252 g/mol. The molecule has 0 bridgehead atoms. The molecule has 0 fully saturated rings. The first-order valence-corrected chi connectivity index (χ1v) is 6.55. The van der Waals surface area contributed by atoms with Crippen LogP contribution in [0.3, 0.4) is 0 Å². The van der Waals surface area contributed by atoms with Gasteiger partial charge in [0.25, 0.3) is 5.91 Å². The molecule has 1 N–H and O–H groups in total. The highest BCUT2D eigenvalue weighted by Crippen LogP contribution is 2.33. The predicted octanol–water partition coefficient (Wildman–Crippen LogP) is 2.81. The highest BCUT2D eigenvalue weighted by molar-refractivity contribution is 5.94. The van der Waals surface area contributed by atoms with E-state index in [1.807, 2.05) is 0 Å². The average Bonchev–Trinajstić information content (AvgIpc) is 2.84. The van der Waals surface area contributed by atoms with Crippen LogP contribution in [-0.2, 0) is 6.42 Å². The topological polar surface area (TPSA) is 42.0 Å². The molecule has 0 unspecified atom stereocenters. The third-order valence-corrected chi connectivity index (χ3v) is 3.73. The molecule has 1 aliphatic rings. The number of amides is 1. The van der Waals surface area contributed by atoms with Crippen LogP contribution in [0.4, 0.5) is 0 Å². The Morgan fingerprint density at radius 2 is 2.21 bits per heavy atom. The molecule has 0 saturated carbocycles. The SMILES string of the molecule is Cc1cccc2c1CC[C@H]2NC(=O)c1cccnc1. The molecule has 1 heterocycles. The van der Waals surface area contributed by atoms with Gasteiger partial charge in [-0.25, -0.2) is 0 Å². The van der Waals surface area contributed by atoms with Crippen molar-refractivity contribution >= 4 is 5.91 Å². The first kappa shape index (κ1) is 11.9. The Bertz CT molecular complexity index is 607.